The van der Waals surface area contributed by atoms with E-state index in [1.807, 2.05) is 36.6 Å². The molecule has 2 amide bonds. The van der Waals surface area contributed by atoms with Gasteiger partial charge in [0.1, 0.15) is 6.33 Å². The average molecular weight is 274 g/mol. The highest BCUT2D eigenvalue weighted by Crippen LogP contribution is 2.07. The Kier molecular flexibility index (Phi) is 4.65. The van der Waals surface area contributed by atoms with E-state index in [1.54, 1.807) is 12.5 Å². The molecule has 0 fully saturated rings. The van der Waals surface area contributed by atoms with Crippen molar-refractivity contribution in [2.24, 2.45) is 0 Å². The number of hydrogen-bond donors (Lipinski definition) is 2. The molecule has 0 aliphatic carbocycles. The van der Waals surface area contributed by atoms with Crippen LogP contribution in [-0.4, -0.2) is 25.8 Å². The number of nitrogens with zero attached hydrogens (tertiary/aromatic N) is 4. The van der Waals surface area contributed by atoms with Crippen LogP contribution in [0.25, 0.3) is 0 Å². The van der Waals surface area contributed by atoms with E-state index >= 15 is 0 Å². The smallest absolute Gasteiger partial charge is 0.315 e. The second kappa shape index (κ2) is 6.65. The SMILES string of the molecule is CCn1cnnc1CNC(=O)NC(C)c1ccccn1. The molecule has 20 heavy (non-hydrogen) atoms. The highest BCUT2D eigenvalue weighted by atomic mass is 16.2. The number of nitrogens with one attached hydrogen (secondary N) is 2. The summed E-state index contributed by atoms with van der Waals surface area (Å²) in [5, 5.41) is 13.4. The number of carbonyl (C=O) groups is 1. The summed E-state index contributed by atoms with van der Waals surface area (Å²) in [6, 6.07) is 5.20. The summed E-state index contributed by atoms with van der Waals surface area (Å²) >= 11 is 0. The van der Waals surface area contributed by atoms with Crippen LogP contribution in [0.1, 0.15) is 31.4 Å². The molecule has 0 saturated heterocycles. The van der Waals surface area contributed by atoms with Crippen LogP contribution in [0.2, 0.25) is 0 Å². The van der Waals surface area contributed by atoms with E-state index in [2.05, 4.69) is 25.8 Å². The van der Waals surface area contributed by atoms with Gasteiger partial charge in [0, 0.05) is 12.7 Å². The lowest BCUT2D eigenvalue weighted by Crippen LogP contribution is -2.37. The largest absolute Gasteiger partial charge is 0.331 e. The Morgan fingerprint density at radius 3 is 3.00 bits per heavy atom. The van der Waals surface area contributed by atoms with Gasteiger partial charge in [-0.3, -0.25) is 4.98 Å². The minimum absolute atomic E-state index is 0.153. The fourth-order valence-corrected chi connectivity index (χ4v) is 1.79. The minimum atomic E-state index is -0.256. The molecule has 2 heterocycles. The first kappa shape index (κ1) is 14.0. The van der Waals surface area contributed by atoms with Gasteiger partial charge in [0.2, 0.25) is 0 Å². The van der Waals surface area contributed by atoms with Crippen LogP contribution >= 0.6 is 0 Å². The summed E-state index contributed by atoms with van der Waals surface area (Å²) in [4.78, 5) is 16.0. The number of aryl methyl sites for hydroxylation is 1. The monoisotopic (exact) mass is 274 g/mol. The predicted molar refractivity (Wildman–Crippen MR) is 73.7 cm³/mol. The second-order valence-corrected chi connectivity index (χ2v) is 4.34. The third kappa shape index (κ3) is 3.53. The summed E-state index contributed by atoms with van der Waals surface area (Å²) < 4.78 is 1.88. The molecule has 0 saturated carbocycles. The van der Waals surface area contributed by atoms with Crippen LogP contribution in [0.15, 0.2) is 30.7 Å². The van der Waals surface area contributed by atoms with E-state index in [1.165, 1.54) is 0 Å². The van der Waals surface area contributed by atoms with Crippen LogP contribution in [0.5, 0.6) is 0 Å². The topological polar surface area (TPSA) is 84.7 Å². The minimum Gasteiger partial charge on any atom is -0.331 e. The molecule has 0 spiro atoms. The van der Waals surface area contributed by atoms with Gasteiger partial charge in [-0.2, -0.15) is 0 Å². The summed E-state index contributed by atoms with van der Waals surface area (Å²) in [5.41, 5.74) is 0.819. The third-order valence-electron chi connectivity index (χ3n) is 2.92. The van der Waals surface area contributed by atoms with Gasteiger partial charge in [-0.1, -0.05) is 6.07 Å². The number of aromatic nitrogens is 4. The summed E-state index contributed by atoms with van der Waals surface area (Å²) in [7, 11) is 0. The van der Waals surface area contributed by atoms with Crippen LogP contribution in [0.4, 0.5) is 4.79 Å². The van der Waals surface area contributed by atoms with Gasteiger partial charge in [-0.05, 0) is 26.0 Å². The van der Waals surface area contributed by atoms with Crippen molar-refractivity contribution >= 4 is 6.03 Å². The Hall–Kier alpha value is -2.44. The molecule has 0 radical (unpaired) electrons. The van der Waals surface area contributed by atoms with Crippen LogP contribution < -0.4 is 10.6 Å². The number of rotatable bonds is 5. The average Bonchev–Trinajstić information content (AvgIpc) is 2.93. The first-order valence-corrected chi connectivity index (χ1v) is 6.52. The maximum absolute atomic E-state index is 11.8. The van der Waals surface area contributed by atoms with Crippen molar-refractivity contribution in [3.8, 4) is 0 Å². The molecule has 0 aromatic carbocycles. The van der Waals surface area contributed by atoms with Crippen molar-refractivity contribution < 1.29 is 4.79 Å². The van der Waals surface area contributed by atoms with E-state index in [9.17, 15) is 4.79 Å². The van der Waals surface area contributed by atoms with Crippen molar-refractivity contribution in [1.29, 1.82) is 0 Å². The molecule has 0 bridgehead atoms. The van der Waals surface area contributed by atoms with Crippen molar-refractivity contribution in [3.05, 3.63) is 42.2 Å². The van der Waals surface area contributed by atoms with Crippen molar-refractivity contribution in [2.45, 2.75) is 33.0 Å². The molecule has 2 N–H and O–H groups in total. The molecule has 1 unspecified atom stereocenters. The molecule has 2 rings (SSSR count). The van der Waals surface area contributed by atoms with Gasteiger partial charge in [0.25, 0.3) is 0 Å². The molecular formula is C13H18N6O. The van der Waals surface area contributed by atoms with Gasteiger partial charge < -0.3 is 15.2 Å². The van der Waals surface area contributed by atoms with Gasteiger partial charge >= 0.3 is 6.03 Å². The van der Waals surface area contributed by atoms with Crippen LogP contribution in [0.3, 0.4) is 0 Å². The number of hydrogen-bond acceptors (Lipinski definition) is 4. The number of pyridine rings is 1. The van der Waals surface area contributed by atoms with Crippen molar-refractivity contribution in [1.82, 2.24) is 30.4 Å². The number of urea groups is 1. The van der Waals surface area contributed by atoms with E-state index in [0.29, 0.717) is 6.54 Å². The van der Waals surface area contributed by atoms with E-state index < -0.39 is 0 Å². The van der Waals surface area contributed by atoms with Crippen molar-refractivity contribution in [2.75, 3.05) is 0 Å². The zero-order chi connectivity index (χ0) is 14.4. The van der Waals surface area contributed by atoms with Gasteiger partial charge in [0.15, 0.2) is 5.82 Å². The molecular weight excluding hydrogens is 256 g/mol. The number of carbonyl (C=O) groups excluding carboxylic acids is 1. The molecule has 106 valence electrons. The molecule has 7 nitrogen and oxygen atoms in total. The summed E-state index contributed by atoms with van der Waals surface area (Å²) in [6.45, 7) is 5.00. The summed E-state index contributed by atoms with van der Waals surface area (Å²) in [6.07, 6.45) is 3.35. The zero-order valence-electron chi connectivity index (χ0n) is 11.6. The van der Waals surface area contributed by atoms with Gasteiger partial charge in [0.05, 0.1) is 18.3 Å². The molecule has 2 aromatic rings. The fourth-order valence-electron chi connectivity index (χ4n) is 1.79. The normalized spacial score (nSPS) is 11.9. The van der Waals surface area contributed by atoms with Crippen molar-refractivity contribution in [3.63, 3.8) is 0 Å². The zero-order valence-corrected chi connectivity index (χ0v) is 11.6. The highest BCUT2D eigenvalue weighted by Gasteiger charge is 2.11. The quantitative estimate of drug-likeness (QED) is 0.859. The third-order valence-corrected chi connectivity index (χ3v) is 2.92. The highest BCUT2D eigenvalue weighted by molar-refractivity contribution is 5.74. The molecule has 2 aromatic heterocycles. The Labute approximate surface area is 117 Å². The standard InChI is InChI=1S/C13H18N6O/c1-3-19-9-16-18-12(19)8-15-13(20)17-10(2)11-6-4-5-7-14-11/h4-7,9-10H,3,8H2,1-2H3,(H2,15,17,20). The molecule has 0 aliphatic heterocycles. The second-order valence-electron chi connectivity index (χ2n) is 4.34. The lowest BCUT2D eigenvalue weighted by molar-refractivity contribution is 0.237. The summed E-state index contributed by atoms with van der Waals surface area (Å²) in [5.74, 6) is 0.730. The molecule has 7 heteroatoms. The molecule has 0 aliphatic rings. The van der Waals surface area contributed by atoms with Gasteiger partial charge in [-0.25, -0.2) is 4.79 Å². The predicted octanol–water partition coefficient (Wildman–Crippen LogP) is 1.25. The van der Waals surface area contributed by atoms with E-state index in [-0.39, 0.29) is 12.1 Å². The van der Waals surface area contributed by atoms with E-state index in [4.69, 9.17) is 0 Å². The van der Waals surface area contributed by atoms with Crippen LogP contribution in [-0.2, 0) is 13.1 Å². The first-order valence-electron chi connectivity index (χ1n) is 6.52. The fraction of sp³-hybridized carbons (Fsp3) is 0.385. The Morgan fingerprint density at radius 1 is 1.45 bits per heavy atom. The Morgan fingerprint density at radius 2 is 2.30 bits per heavy atom. The maximum Gasteiger partial charge on any atom is 0.315 e. The lowest BCUT2D eigenvalue weighted by atomic mass is 10.2. The molecule has 1 atom stereocenters. The van der Waals surface area contributed by atoms with E-state index in [0.717, 1.165) is 18.1 Å². The number of amides is 2. The Balaban J connectivity index is 1.84. The van der Waals surface area contributed by atoms with Crippen LogP contribution in [0, 0.1) is 0 Å². The maximum atomic E-state index is 11.8. The Bertz CT molecular complexity index is 553. The van der Waals surface area contributed by atoms with Gasteiger partial charge in [-0.15, -0.1) is 10.2 Å². The lowest BCUT2D eigenvalue weighted by Gasteiger charge is -2.14. The first-order chi connectivity index (χ1) is 9.70.